The molecule has 1 aromatic heterocycles. The molecular weight excluding hydrogens is 416 g/mol. The van der Waals surface area contributed by atoms with Crippen LogP contribution in [0.4, 0.5) is 0 Å². The molecule has 0 bridgehead atoms. The Morgan fingerprint density at radius 3 is 2.40 bits per heavy atom. The average molecular weight is 451 g/mol. The highest BCUT2D eigenvalue weighted by molar-refractivity contribution is 7.99. The van der Waals surface area contributed by atoms with Crippen LogP contribution in [0.15, 0.2) is 51.0 Å². The third-order valence-electron chi connectivity index (χ3n) is 5.66. The Hall–Kier alpha value is -1.61. The maximum Gasteiger partial charge on any atom is 0.329 e. The molecule has 2 atom stereocenters. The summed E-state index contributed by atoms with van der Waals surface area (Å²) in [5, 5.41) is 10.4. The Balaban J connectivity index is 2.27. The Labute approximate surface area is 183 Å². The molecule has 166 valence electrons. The number of rotatable bonds is 9. The van der Waals surface area contributed by atoms with Crippen molar-refractivity contribution in [1.29, 1.82) is 0 Å². The lowest BCUT2D eigenvalue weighted by atomic mass is 10.2. The smallest absolute Gasteiger partial charge is 0.329 e. The number of benzene rings is 1. The van der Waals surface area contributed by atoms with Crippen molar-refractivity contribution in [3.63, 3.8) is 0 Å². The van der Waals surface area contributed by atoms with E-state index < -0.39 is 20.1 Å². The van der Waals surface area contributed by atoms with Crippen molar-refractivity contribution < 1.29 is 9.53 Å². The Morgan fingerprint density at radius 1 is 1.20 bits per heavy atom. The van der Waals surface area contributed by atoms with Crippen molar-refractivity contribution in [2.45, 2.75) is 75.0 Å². The number of aryl methyl sites for hydroxylation is 1. The normalized spacial score (nSPS) is 14.5. The summed E-state index contributed by atoms with van der Waals surface area (Å²) >= 11 is 1.48. The second kappa shape index (κ2) is 10.1. The van der Waals surface area contributed by atoms with E-state index >= 15 is 0 Å². The fourth-order valence-corrected chi connectivity index (χ4v) is 4.95. The van der Waals surface area contributed by atoms with Crippen LogP contribution in [0.25, 0.3) is 0 Å². The van der Waals surface area contributed by atoms with Crippen molar-refractivity contribution >= 4 is 20.1 Å². The molecule has 1 unspecified atom stereocenters. The summed E-state index contributed by atoms with van der Waals surface area (Å²) in [4.78, 5) is 27.9. The fourth-order valence-electron chi connectivity index (χ4n) is 2.69. The van der Waals surface area contributed by atoms with Gasteiger partial charge in [0.2, 0.25) is 0 Å². The minimum Gasteiger partial charge on any atom is -0.414 e. The lowest BCUT2D eigenvalue weighted by Crippen LogP contribution is -2.43. The molecule has 0 saturated heterocycles. The lowest BCUT2D eigenvalue weighted by molar-refractivity contribution is 0.0879. The molecule has 30 heavy (non-hydrogen) atoms. The molecule has 2 aromatic rings. The standard InChI is InChI=1S/C22H34N2O4SSi/c1-7-16-14-24(21(27)23-20(16)26)19(29-18-11-9-8-10-12-18)13-17(25)15-28-30(5,6)22(2,3)4/h8-12,14,17,19,25H,7,13,15H2,1-6H3,(H,23,26,27)/t17-,19?/m0/s1. The molecule has 0 spiro atoms. The van der Waals surface area contributed by atoms with E-state index in [1.54, 1.807) is 6.20 Å². The van der Waals surface area contributed by atoms with Crippen molar-refractivity contribution in [2.75, 3.05) is 6.61 Å². The highest BCUT2D eigenvalue weighted by Gasteiger charge is 2.37. The SMILES string of the molecule is CCc1cn(C(C[C@H](O)CO[Si](C)(C)C(C)(C)C)Sc2ccccc2)c(=O)[nH]c1=O. The van der Waals surface area contributed by atoms with Crippen LogP contribution in [0.3, 0.4) is 0 Å². The van der Waals surface area contributed by atoms with Gasteiger partial charge in [0.15, 0.2) is 8.32 Å². The van der Waals surface area contributed by atoms with Gasteiger partial charge in [-0.05, 0) is 36.7 Å². The zero-order valence-corrected chi connectivity index (χ0v) is 20.6. The van der Waals surface area contributed by atoms with Crippen LogP contribution in [-0.4, -0.2) is 35.7 Å². The van der Waals surface area contributed by atoms with E-state index in [0.717, 1.165) is 4.90 Å². The van der Waals surface area contributed by atoms with Gasteiger partial charge in [-0.3, -0.25) is 14.3 Å². The van der Waals surface area contributed by atoms with Gasteiger partial charge in [0.1, 0.15) is 0 Å². The highest BCUT2D eigenvalue weighted by Crippen LogP contribution is 2.37. The zero-order valence-electron chi connectivity index (χ0n) is 18.8. The number of hydrogen-bond donors (Lipinski definition) is 2. The largest absolute Gasteiger partial charge is 0.414 e. The van der Waals surface area contributed by atoms with Crippen molar-refractivity contribution in [3.8, 4) is 0 Å². The van der Waals surface area contributed by atoms with Gasteiger partial charge in [-0.25, -0.2) is 4.79 Å². The number of aliphatic hydroxyl groups excluding tert-OH is 1. The van der Waals surface area contributed by atoms with E-state index in [0.29, 0.717) is 18.4 Å². The van der Waals surface area contributed by atoms with Gasteiger partial charge in [-0.15, -0.1) is 11.8 Å². The second-order valence-corrected chi connectivity index (χ2v) is 15.1. The molecule has 1 aromatic carbocycles. The lowest BCUT2D eigenvalue weighted by Gasteiger charge is -2.37. The minimum atomic E-state index is -1.99. The molecule has 0 aliphatic heterocycles. The first-order valence-electron chi connectivity index (χ1n) is 10.3. The number of nitrogens with zero attached hydrogens (tertiary/aromatic N) is 1. The van der Waals surface area contributed by atoms with Crippen molar-refractivity contribution in [3.05, 3.63) is 62.9 Å². The van der Waals surface area contributed by atoms with Crippen LogP contribution in [0.5, 0.6) is 0 Å². The topological polar surface area (TPSA) is 84.3 Å². The summed E-state index contributed by atoms with van der Waals surface area (Å²) in [5.74, 6) is 0. The maximum absolute atomic E-state index is 12.6. The van der Waals surface area contributed by atoms with Gasteiger partial charge in [-0.2, -0.15) is 0 Å². The number of thioether (sulfide) groups is 1. The number of aliphatic hydroxyl groups is 1. The predicted octanol–water partition coefficient (Wildman–Crippen LogP) is 4.16. The van der Waals surface area contributed by atoms with E-state index in [9.17, 15) is 14.7 Å². The summed E-state index contributed by atoms with van der Waals surface area (Å²) in [6.07, 6.45) is 1.73. The first-order chi connectivity index (χ1) is 13.9. The Bertz CT molecular complexity index is 935. The van der Waals surface area contributed by atoms with Gasteiger partial charge in [0.25, 0.3) is 5.56 Å². The molecule has 0 aliphatic carbocycles. The highest BCUT2D eigenvalue weighted by atomic mass is 32.2. The second-order valence-electron chi connectivity index (χ2n) is 9.02. The zero-order chi connectivity index (χ0) is 22.5. The Kier molecular flexibility index (Phi) is 8.32. The molecule has 6 nitrogen and oxygen atoms in total. The first-order valence-corrected chi connectivity index (χ1v) is 14.1. The van der Waals surface area contributed by atoms with Crippen LogP contribution in [0.1, 0.15) is 45.1 Å². The fraction of sp³-hybridized carbons (Fsp3) is 0.545. The number of aromatic amines is 1. The van der Waals surface area contributed by atoms with E-state index in [4.69, 9.17) is 4.43 Å². The summed E-state index contributed by atoms with van der Waals surface area (Å²) in [5.41, 5.74) is -0.285. The monoisotopic (exact) mass is 450 g/mol. The predicted molar refractivity (Wildman–Crippen MR) is 126 cm³/mol. The van der Waals surface area contributed by atoms with Gasteiger partial charge in [-0.1, -0.05) is 45.9 Å². The first kappa shape index (κ1) is 24.7. The van der Waals surface area contributed by atoms with Crippen molar-refractivity contribution in [1.82, 2.24) is 9.55 Å². The number of hydrogen-bond acceptors (Lipinski definition) is 5. The van der Waals surface area contributed by atoms with Gasteiger partial charge in [0.05, 0.1) is 18.1 Å². The summed E-state index contributed by atoms with van der Waals surface area (Å²) < 4.78 is 7.69. The molecule has 1 heterocycles. The molecule has 2 N–H and O–H groups in total. The quantitative estimate of drug-likeness (QED) is 0.443. The number of aromatic nitrogens is 2. The summed E-state index contributed by atoms with van der Waals surface area (Å²) in [6, 6.07) is 9.73. The van der Waals surface area contributed by atoms with Crippen LogP contribution in [0.2, 0.25) is 18.1 Å². The molecule has 8 heteroatoms. The summed E-state index contributed by atoms with van der Waals surface area (Å²) in [7, 11) is -1.99. The third kappa shape index (κ3) is 6.44. The molecule has 0 amide bonds. The summed E-state index contributed by atoms with van der Waals surface area (Å²) in [6.45, 7) is 12.9. The minimum absolute atomic E-state index is 0.0524. The maximum atomic E-state index is 12.6. The van der Waals surface area contributed by atoms with Crippen LogP contribution >= 0.6 is 11.8 Å². The average Bonchev–Trinajstić information content (AvgIpc) is 2.66. The van der Waals surface area contributed by atoms with Crippen LogP contribution in [0, 0.1) is 0 Å². The van der Waals surface area contributed by atoms with Crippen molar-refractivity contribution in [2.24, 2.45) is 0 Å². The molecule has 0 radical (unpaired) electrons. The van der Waals surface area contributed by atoms with E-state index in [1.807, 2.05) is 37.3 Å². The molecule has 0 fully saturated rings. The molecule has 2 rings (SSSR count). The number of nitrogens with one attached hydrogen (secondary N) is 1. The molecule has 0 saturated carbocycles. The van der Waals surface area contributed by atoms with E-state index in [1.165, 1.54) is 16.3 Å². The van der Waals surface area contributed by atoms with E-state index in [-0.39, 0.29) is 22.6 Å². The third-order valence-corrected chi connectivity index (χ3v) is 11.4. The van der Waals surface area contributed by atoms with Crippen LogP contribution < -0.4 is 11.2 Å². The van der Waals surface area contributed by atoms with Crippen LogP contribution in [-0.2, 0) is 10.8 Å². The Morgan fingerprint density at radius 2 is 1.83 bits per heavy atom. The molecule has 0 aliphatic rings. The van der Waals surface area contributed by atoms with Gasteiger partial charge in [0, 0.05) is 23.1 Å². The van der Waals surface area contributed by atoms with Gasteiger partial charge >= 0.3 is 5.69 Å². The molecular formula is C22H34N2O4SSi. The van der Waals surface area contributed by atoms with E-state index in [2.05, 4.69) is 38.8 Å². The van der Waals surface area contributed by atoms with Gasteiger partial charge < -0.3 is 9.53 Å². The number of H-pyrrole nitrogens is 1.